The second kappa shape index (κ2) is 8.78. The summed E-state index contributed by atoms with van der Waals surface area (Å²) in [4.78, 5) is 2.09. The molecule has 2 aromatic carbocycles. The zero-order valence-electron chi connectivity index (χ0n) is 18.6. The molecule has 1 heterocycles. The van der Waals surface area contributed by atoms with Crippen LogP contribution >= 0.6 is 0 Å². The first-order valence-electron chi connectivity index (χ1n) is 10.8. The van der Waals surface area contributed by atoms with Crippen molar-refractivity contribution in [3.63, 3.8) is 0 Å². The maximum atomic E-state index is 15.3. The van der Waals surface area contributed by atoms with E-state index in [0.717, 1.165) is 29.7 Å². The van der Waals surface area contributed by atoms with Crippen LogP contribution in [-0.4, -0.2) is 29.3 Å². The molecule has 3 rings (SSSR count). The Kier molecular flexibility index (Phi) is 6.53. The minimum absolute atomic E-state index is 0.248. The molecule has 2 aromatic rings. The van der Waals surface area contributed by atoms with Gasteiger partial charge in [0.15, 0.2) is 0 Å². The van der Waals surface area contributed by atoms with E-state index in [1.165, 1.54) is 5.56 Å². The largest absolute Gasteiger partial charge is 0.507 e. The zero-order valence-corrected chi connectivity index (χ0v) is 18.6. The Morgan fingerprint density at radius 2 is 1.83 bits per heavy atom. The quantitative estimate of drug-likeness (QED) is 0.649. The fraction of sp³-hybridized carbons (Fsp3) is 0.500. The van der Waals surface area contributed by atoms with E-state index in [-0.39, 0.29) is 17.6 Å². The Morgan fingerprint density at radius 3 is 2.37 bits per heavy atom. The van der Waals surface area contributed by atoms with Crippen molar-refractivity contribution in [3.05, 3.63) is 53.6 Å². The number of halogens is 1. The molecule has 0 saturated carbocycles. The van der Waals surface area contributed by atoms with Crippen molar-refractivity contribution in [2.75, 3.05) is 13.1 Å². The third-order valence-electron chi connectivity index (χ3n) is 6.92. The lowest BCUT2D eigenvalue weighted by Crippen LogP contribution is -2.54. The Labute approximate surface area is 180 Å². The third-order valence-corrected chi connectivity index (χ3v) is 6.92. The Morgan fingerprint density at radius 1 is 1.17 bits per heavy atom. The van der Waals surface area contributed by atoms with E-state index >= 15 is 4.39 Å². The summed E-state index contributed by atoms with van der Waals surface area (Å²) in [6.07, 6.45) is 0.856. The van der Waals surface area contributed by atoms with Crippen molar-refractivity contribution in [2.24, 2.45) is 10.8 Å². The van der Waals surface area contributed by atoms with E-state index in [2.05, 4.69) is 30.0 Å². The van der Waals surface area contributed by atoms with Crippen LogP contribution in [0.1, 0.15) is 51.7 Å². The molecular formula is C26H33FN2O. The van der Waals surface area contributed by atoms with E-state index < -0.39 is 11.6 Å². The van der Waals surface area contributed by atoms with E-state index in [9.17, 15) is 10.4 Å². The number of phenols is 1. The van der Waals surface area contributed by atoms with E-state index in [4.69, 9.17) is 0 Å². The van der Waals surface area contributed by atoms with Crippen LogP contribution in [0, 0.1) is 22.2 Å². The molecule has 1 aliphatic rings. The summed E-state index contributed by atoms with van der Waals surface area (Å²) in [7, 11) is 0. The van der Waals surface area contributed by atoms with Crippen LogP contribution in [0.25, 0.3) is 11.1 Å². The second-order valence-electron chi connectivity index (χ2n) is 9.60. The molecule has 30 heavy (non-hydrogen) atoms. The summed E-state index contributed by atoms with van der Waals surface area (Å²) in [5.74, 6) is 0.249. The molecule has 3 nitrogen and oxygen atoms in total. The number of piperidine rings is 1. The van der Waals surface area contributed by atoms with Gasteiger partial charge in [0, 0.05) is 30.5 Å². The van der Waals surface area contributed by atoms with E-state index in [1.807, 2.05) is 45.0 Å². The van der Waals surface area contributed by atoms with Gasteiger partial charge in [-0.1, -0.05) is 64.1 Å². The molecule has 0 aromatic heterocycles. The first-order valence-corrected chi connectivity index (χ1v) is 10.8. The molecule has 1 aliphatic heterocycles. The van der Waals surface area contributed by atoms with Crippen molar-refractivity contribution in [1.82, 2.24) is 4.90 Å². The van der Waals surface area contributed by atoms with Gasteiger partial charge in [-0.05, 0) is 47.6 Å². The van der Waals surface area contributed by atoms with Crippen molar-refractivity contribution >= 4 is 0 Å². The normalized spacial score (nSPS) is 22.6. The number of hydrogen-bond acceptors (Lipinski definition) is 3. The standard InChI is InChI=1S/C26H33FN2O/c1-5-19-6-9-21(10-7-19)22-11-8-20(16-23(22)30)17-29-15-13-26(12-14-28,24(27)18-29)25(2,3)4/h6-11,16,24,30H,5,12-13,15,17-18H2,1-4H3. The summed E-state index contributed by atoms with van der Waals surface area (Å²) < 4.78 is 15.3. The van der Waals surface area contributed by atoms with Crippen LogP contribution in [0.2, 0.25) is 0 Å². The van der Waals surface area contributed by atoms with Gasteiger partial charge in [0.2, 0.25) is 0 Å². The van der Waals surface area contributed by atoms with Crippen LogP contribution in [-0.2, 0) is 13.0 Å². The number of rotatable bonds is 5. The molecule has 1 fully saturated rings. The van der Waals surface area contributed by atoms with Gasteiger partial charge in [0.1, 0.15) is 11.9 Å². The topological polar surface area (TPSA) is 47.3 Å². The number of benzene rings is 2. The van der Waals surface area contributed by atoms with Gasteiger partial charge in [0.25, 0.3) is 0 Å². The SMILES string of the molecule is CCc1ccc(-c2ccc(CN3CCC(CC#N)(C(C)(C)C)C(F)C3)cc2O)cc1. The third kappa shape index (κ3) is 4.37. The van der Waals surface area contributed by atoms with Crippen molar-refractivity contribution in [1.29, 1.82) is 5.26 Å². The number of hydrogen-bond donors (Lipinski definition) is 1. The van der Waals surface area contributed by atoms with Gasteiger partial charge in [-0.2, -0.15) is 5.26 Å². The van der Waals surface area contributed by atoms with Crippen molar-refractivity contribution in [3.8, 4) is 22.9 Å². The van der Waals surface area contributed by atoms with Gasteiger partial charge in [-0.3, -0.25) is 4.90 Å². The highest BCUT2D eigenvalue weighted by atomic mass is 19.1. The van der Waals surface area contributed by atoms with Crippen LogP contribution in [0.5, 0.6) is 5.75 Å². The number of aryl methyl sites for hydroxylation is 1. The lowest BCUT2D eigenvalue weighted by atomic mass is 9.59. The van der Waals surface area contributed by atoms with Gasteiger partial charge < -0.3 is 5.11 Å². The molecule has 0 bridgehead atoms. The average Bonchev–Trinajstić information content (AvgIpc) is 2.69. The lowest BCUT2D eigenvalue weighted by molar-refractivity contribution is -0.0660. The molecule has 4 heteroatoms. The molecule has 2 atom stereocenters. The Bertz CT molecular complexity index is 910. The monoisotopic (exact) mass is 408 g/mol. The first-order chi connectivity index (χ1) is 14.2. The highest BCUT2D eigenvalue weighted by Crippen LogP contribution is 2.50. The molecule has 1 N–H and O–H groups in total. The average molecular weight is 409 g/mol. The van der Waals surface area contributed by atoms with Crippen LogP contribution in [0.4, 0.5) is 4.39 Å². The van der Waals surface area contributed by atoms with Crippen LogP contribution in [0.3, 0.4) is 0 Å². The minimum Gasteiger partial charge on any atom is -0.507 e. The van der Waals surface area contributed by atoms with Crippen LogP contribution in [0.15, 0.2) is 42.5 Å². The molecule has 0 amide bonds. The molecule has 0 spiro atoms. The summed E-state index contributed by atoms with van der Waals surface area (Å²) in [6, 6.07) is 16.2. The summed E-state index contributed by atoms with van der Waals surface area (Å²) in [5.41, 5.74) is 3.17. The van der Waals surface area contributed by atoms with Gasteiger partial charge >= 0.3 is 0 Å². The molecule has 0 aliphatic carbocycles. The minimum atomic E-state index is -1.05. The first kappa shape index (κ1) is 22.3. The van der Waals surface area contributed by atoms with Crippen molar-refractivity contribution < 1.29 is 9.50 Å². The van der Waals surface area contributed by atoms with E-state index in [0.29, 0.717) is 19.5 Å². The van der Waals surface area contributed by atoms with Gasteiger partial charge in [-0.25, -0.2) is 4.39 Å². The fourth-order valence-corrected chi connectivity index (χ4v) is 4.70. The maximum Gasteiger partial charge on any atom is 0.123 e. The number of likely N-dealkylation sites (tertiary alicyclic amines) is 1. The molecule has 160 valence electrons. The summed E-state index contributed by atoms with van der Waals surface area (Å²) in [5, 5.41) is 19.9. The number of aromatic hydroxyl groups is 1. The maximum absolute atomic E-state index is 15.3. The van der Waals surface area contributed by atoms with Crippen molar-refractivity contribution in [2.45, 2.75) is 59.7 Å². The highest BCUT2D eigenvalue weighted by Gasteiger charge is 2.51. The number of nitrogens with zero attached hydrogens (tertiary/aromatic N) is 2. The second-order valence-corrected chi connectivity index (χ2v) is 9.60. The number of phenolic OH excluding ortho intramolecular Hbond substituents is 1. The Balaban J connectivity index is 1.72. The van der Waals surface area contributed by atoms with Gasteiger partial charge in [-0.15, -0.1) is 0 Å². The van der Waals surface area contributed by atoms with Crippen LogP contribution < -0.4 is 0 Å². The summed E-state index contributed by atoms with van der Waals surface area (Å²) >= 11 is 0. The van der Waals surface area contributed by atoms with Gasteiger partial charge in [0.05, 0.1) is 6.07 Å². The lowest BCUT2D eigenvalue weighted by Gasteiger charge is -2.51. The number of alkyl halides is 1. The predicted molar refractivity (Wildman–Crippen MR) is 120 cm³/mol. The summed E-state index contributed by atoms with van der Waals surface area (Å²) in [6.45, 7) is 9.90. The fourth-order valence-electron chi connectivity index (χ4n) is 4.70. The zero-order chi connectivity index (χ0) is 21.9. The smallest absolute Gasteiger partial charge is 0.123 e. The predicted octanol–water partition coefficient (Wildman–Crippen LogP) is 6.11. The molecule has 0 radical (unpaired) electrons. The molecule has 2 unspecified atom stereocenters. The molecule has 1 saturated heterocycles. The molecular weight excluding hydrogens is 375 g/mol. The number of nitriles is 1. The highest BCUT2D eigenvalue weighted by molar-refractivity contribution is 5.70. The Hall–Kier alpha value is -2.38. The van der Waals surface area contributed by atoms with E-state index in [1.54, 1.807) is 6.07 Å².